The molecule has 0 saturated heterocycles. The predicted molar refractivity (Wildman–Crippen MR) is 78.9 cm³/mol. The topological polar surface area (TPSA) is 52.3 Å². The summed E-state index contributed by atoms with van der Waals surface area (Å²) in [7, 11) is 1.59. The number of hydrogen-bond acceptors (Lipinski definition) is 3. The van der Waals surface area contributed by atoms with E-state index in [0.29, 0.717) is 30.2 Å². The van der Waals surface area contributed by atoms with Crippen molar-refractivity contribution in [3.8, 4) is 5.75 Å². The zero-order valence-electron chi connectivity index (χ0n) is 12.6. The second kappa shape index (κ2) is 6.20. The van der Waals surface area contributed by atoms with E-state index in [1.165, 1.54) is 0 Å². The quantitative estimate of drug-likeness (QED) is 0.800. The van der Waals surface area contributed by atoms with Crippen LogP contribution in [-0.4, -0.2) is 19.4 Å². The van der Waals surface area contributed by atoms with Crippen LogP contribution in [0.15, 0.2) is 18.2 Å². The van der Waals surface area contributed by atoms with Crippen molar-refractivity contribution in [1.82, 2.24) is 0 Å². The summed E-state index contributed by atoms with van der Waals surface area (Å²) in [6.45, 7) is 8.72. The first-order chi connectivity index (χ1) is 8.80. The maximum Gasteiger partial charge on any atom is 0.167 e. The normalized spacial score (nSPS) is 11.7. The minimum atomic E-state index is -0.185. The molecule has 1 rings (SSSR count). The molecule has 0 aliphatic rings. The van der Waals surface area contributed by atoms with E-state index in [9.17, 15) is 4.79 Å². The van der Waals surface area contributed by atoms with Crippen LogP contribution in [0.2, 0.25) is 0 Å². The number of benzene rings is 1. The van der Waals surface area contributed by atoms with Crippen LogP contribution in [0.4, 0.5) is 0 Å². The average Bonchev–Trinajstić information content (AvgIpc) is 2.37. The Kier molecular flexibility index (Phi) is 5.12. The Labute approximate surface area is 116 Å². The molecule has 1 aromatic carbocycles. The number of rotatable bonds is 6. The fourth-order valence-electron chi connectivity index (χ4n) is 1.90. The van der Waals surface area contributed by atoms with Gasteiger partial charge >= 0.3 is 0 Å². The van der Waals surface area contributed by atoms with Crippen molar-refractivity contribution >= 4 is 5.78 Å². The Bertz CT molecular complexity index is 450. The first kappa shape index (κ1) is 15.7. The summed E-state index contributed by atoms with van der Waals surface area (Å²) in [6.07, 6.45) is 0.432. The van der Waals surface area contributed by atoms with Gasteiger partial charge in [0.1, 0.15) is 5.75 Å². The lowest BCUT2D eigenvalue weighted by molar-refractivity contribution is 0.0931. The van der Waals surface area contributed by atoms with Crippen molar-refractivity contribution in [3.05, 3.63) is 29.3 Å². The molecule has 19 heavy (non-hydrogen) atoms. The zero-order chi connectivity index (χ0) is 14.6. The first-order valence-corrected chi connectivity index (χ1v) is 6.72. The van der Waals surface area contributed by atoms with Crippen molar-refractivity contribution < 1.29 is 9.53 Å². The minimum absolute atomic E-state index is 0.0924. The Balaban J connectivity index is 3.09. The minimum Gasteiger partial charge on any atom is -0.496 e. The van der Waals surface area contributed by atoms with Gasteiger partial charge in [0, 0.05) is 6.42 Å². The van der Waals surface area contributed by atoms with Crippen LogP contribution < -0.4 is 10.5 Å². The third kappa shape index (κ3) is 4.06. The van der Waals surface area contributed by atoms with Crippen molar-refractivity contribution in [2.45, 2.75) is 40.0 Å². The van der Waals surface area contributed by atoms with Crippen LogP contribution in [0, 0.1) is 5.41 Å². The summed E-state index contributed by atoms with van der Waals surface area (Å²) in [5.74, 6) is 1.12. The van der Waals surface area contributed by atoms with Crippen molar-refractivity contribution in [2.75, 3.05) is 13.7 Å². The van der Waals surface area contributed by atoms with E-state index in [1.807, 2.05) is 32.0 Å². The molecule has 0 aliphatic carbocycles. The highest BCUT2D eigenvalue weighted by molar-refractivity contribution is 5.99. The van der Waals surface area contributed by atoms with Gasteiger partial charge in [0.05, 0.1) is 12.7 Å². The monoisotopic (exact) mass is 263 g/mol. The molecule has 0 amide bonds. The molecule has 106 valence electrons. The van der Waals surface area contributed by atoms with Gasteiger partial charge in [-0.1, -0.05) is 33.8 Å². The van der Waals surface area contributed by atoms with E-state index in [2.05, 4.69) is 13.8 Å². The SMILES string of the molecule is COc1ccc(C(C)C)cc1C(=O)CC(C)(C)CN. The number of nitrogens with two attached hydrogens (primary N) is 1. The smallest absolute Gasteiger partial charge is 0.167 e. The van der Waals surface area contributed by atoms with E-state index < -0.39 is 0 Å². The summed E-state index contributed by atoms with van der Waals surface area (Å²) in [6, 6.07) is 5.82. The Hall–Kier alpha value is -1.35. The fraction of sp³-hybridized carbons (Fsp3) is 0.562. The third-order valence-electron chi connectivity index (χ3n) is 3.38. The van der Waals surface area contributed by atoms with E-state index in [1.54, 1.807) is 7.11 Å². The van der Waals surface area contributed by atoms with Crippen LogP contribution in [0.3, 0.4) is 0 Å². The predicted octanol–water partition coefficient (Wildman–Crippen LogP) is 3.38. The van der Waals surface area contributed by atoms with E-state index in [0.717, 1.165) is 5.56 Å². The molecule has 0 radical (unpaired) electrons. The Morgan fingerprint density at radius 1 is 1.37 bits per heavy atom. The van der Waals surface area contributed by atoms with Crippen LogP contribution in [0.25, 0.3) is 0 Å². The van der Waals surface area contributed by atoms with Gasteiger partial charge < -0.3 is 10.5 Å². The van der Waals surface area contributed by atoms with Gasteiger partial charge in [0.15, 0.2) is 5.78 Å². The molecule has 0 atom stereocenters. The number of carbonyl (C=O) groups excluding carboxylic acids is 1. The van der Waals surface area contributed by atoms with Gasteiger partial charge in [-0.2, -0.15) is 0 Å². The number of ether oxygens (including phenoxy) is 1. The van der Waals surface area contributed by atoms with Crippen LogP contribution >= 0.6 is 0 Å². The zero-order valence-corrected chi connectivity index (χ0v) is 12.6. The van der Waals surface area contributed by atoms with Gasteiger partial charge in [-0.15, -0.1) is 0 Å². The van der Waals surface area contributed by atoms with E-state index >= 15 is 0 Å². The van der Waals surface area contributed by atoms with Gasteiger partial charge in [-0.05, 0) is 35.6 Å². The van der Waals surface area contributed by atoms with Crippen LogP contribution in [0.5, 0.6) is 5.75 Å². The molecule has 0 bridgehead atoms. The lowest BCUT2D eigenvalue weighted by Crippen LogP contribution is -2.26. The van der Waals surface area contributed by atoms with Gasteiger partial charge in [-0.3, -0.25) is 4.79 Å². The molecule has 0 aromatic heterocycles. The molecule has 3 heteroatoms. The maximum atomic E-state index is 12.4. The van der Waals surface area contributed by atoms with Crippen molar-refractivity contribution in [3.63, 3.8) is 0 Å². The molecule has 0 saturated carbocycles. The molecule has 0 unspecified atom stereocenters. The second-order valence-corrected chi connectivity index (χ2v) is 6.08. The number of methoxy groups -OCH3 is 1. The Morgan fingerprint density at radius 3 is 2.47 bits per heavy atom. The van der Waals surface area contributed by atoms with Gasteiger partial charge in [0.2, 0.25) is 0 Å². The highest BCUT2D eigenvalue weighted by Crippen LogP contribution is 2.28. The van der Waals surface area contributed by atoms with Gasteiger partial charge in [-0.25, -0.2) is 0 Å². The molecular formula is C16H25NO2. The van der Waals surface area contributed by atoms with E-state index in [4.69, 9.17) is 10.5 Å². The first-order valence-electron chi connectivity index (χ1n) is 6.72. The van der Waals surface area contributed by atoms with Crippen LogP contribution in [-0.2, 0) is 0 Å². The van der Waals surface area contributed by atoms with Crippen molar-refractivity contribution in [1.29, 1.82) is 0 Å². The average molecular weight is 263 g/mol. The van der Waals surface area contributed by atoms with Crippen molar-refractivity contribution in [2.24, 2.45) is 11.1 Å². The fourth-order valence-corrected chi connectivity index (χ4v) is 1.90. The second-order valence-electron chi connectivity index (χ2n) is 6.08. The molecule has 0 heterocycles. The Morgan fingerprint density at radius 2 is 2.00 bits per heavy atom. The molecule has 1 aromatic rings. The number of hydrogen-bond donors (Lipinski definition) is 1. The molecule has 3 nitrogen and oxygen atoms in total. The lowest BCUT2D eigenvalue weighted by Gasteiger charge is -2.22. The number of Topliss-reactive ketones (excluding diaryl/α,β-unsaturated/α-hetero) is 1. The van der Waals surface area contributed by atoms with Gasteiger partial charge in [0.25, 0.3) is 0 Å². The molecule has 0 spiro atoms. The summed E-state index contributed by atoms with van der Waals surface area (Å²) in [5, 5.41) is 0. The summed E-state index contributed by atoms with van der Waals surface area (Å²) < 4.78 is 5.30. The number of ketones is 1. The summed E-state index contributed by atoms with van der Waals surface area (Å²) >= 11 is 0. The summed E-state index contributed by atoms with van der Waals surface area (Å²) in [5.41, 5.74) is 7.32. The van der Waals surface area contributed by atoms with E-state index in [-0.39, 0.29) is 11.2 Å². The summed E-state index contributed by atoms with van der Waals surface area (Å²) in [4.78, 5) is 12.4. The highest BCUT2D eigenvalue weighted by atomic mass is 16.5. The number of carbonyl (C=O) groups is 1. The highest BCUT2D eigenvalue weighted by Gasteiger charge is 2.23. The molecule has 0 fully saturated rings. The third-order valence-corrected chi connectivity index (χ3v) is 3.38. The maximum absolute atomic E-state index is 12.4. The lowest BCUT2D eigenvalue weighted by atomic mass is 9.85. The van der Waals surface area contributed by atoms with Crippen LogP contribution in [0.1, 0.15) is 56.0 Å². The standard InChI is InChI=1S/C16H25NO2/c1-11(2)12-6-7-15(19-5)13(8-12)14(18)9-16(3,4)10-17/h6-8,11H,9-10,17H2,1-5H3. The molecular weight excluding hydrogens is 238 g/mol. The molecule has 0 aliphatic heterocycles. The molecule has 2 N–H and O–H groups in total. The largest absolute Gasteiger partial charge is 0.496 e.